The number of aliphatic imine (C=N–C) groups is 1. The molecule has 7 nitrogen and oxygen atoms in total. The summed E-state index contributed by atoms with van der Waals surface area (Å²) in [5, 5.41) is 6.50. The Kier molecular flexibility index (Phi) is 7.11. The van der Waals surface area contributed by atoms with Gasteiger partial charge in [0.25, 0.3) is 0 Å². The van der Waals surface area contributed by atoms with E-state index in [1.165, 1.54) is 0 Å². The lowest BCUT2D eigenvalue weighted by Crippen LogP contribution is -2.36. The summed E-state index contributed by atoms with van der Waals surface area (Å²) in [5.74, 6) is 1.52. The summed E-state index contributed by atoms with van der Waals surface area (Å²) in [6, 6.07) is 14.8. The molecule has 2 aromatic rings. The first-order valence-corrected chi connectivity index (χ1v) is 11.2. The summed E-state index contributed by atoms with van der Waals surface area (Å²) in [4.78, 5) is 4.90. The molecule has 0 spiro atoms. The first-order chi connectivity index (χ1) is 14.0. The first-order valence-electron chi connectivity index (χ1n) is 9.76. The van der Waals surface area contributed by atoms with Crippen LogP contribution in [-0.2, 0) is 23.1 Å². The number of guanidine groups is 1. The van der Waals surface area contributed by atoms with Crippen LogP contribution in [0.25, 0.3) is 0 Å². The number of rotatable bonds is 9. The van der Waals surface area contributed by atoms with E-state index in [0.29, 0.717) is 23.9 Å². The largest absolute Gasteiger partial charge is 0.497 e. The summed E-state index contributed by atoms with van der Waals surface area (Å²) < 4.78 is 32.3. The summed E-state index contributed by atoms with van der Waals surface area (Å²) in [6.07, 6.45) is 1.84. The molecule has 0 bridgehead atoms. The Labute approximate surface area is 172 Å². The number of nitrogens with one attached hydrogen (secondary N) is 3. The van der Waals surface area contributed by atoms with Crippen LogP contribution in [0.5, 0.6) is 5.75 Å². The molecular weight excluding hydrogens is 388 g/mol. The van der Waals surface area contributed by atoms with Gasteiger partial charge in [0, 0.05) is 19.1 Å². The smallest absolute Gasteiger partial charge is 0.240 e. The van der Waals surface area contributed by atoms with Gasteiger partial charge >= 0.3 is 0 Å². The maximum Gasteiger partial charge on any atom is 0.240 e. The molecule has 8 heteroatoms. The molecule has 2 aromatic carbocycles. The van der Waals surface area contributed by atoms with E-state index >= 15 is 0 Å². The Morgan fingerprint density at radius 1 is 1.03 bits per heavy atom. The molecule has 0 unspecified atom stereocenters. The molecule has 0 atom stereocenters. The van der Waals surface area contributed by atoms with Crippen LogP contribution >= 0.6 is 0 Å². The highest BCUT2D eigenvalue weighted by molar-refractivity contribution is 7.89. The summed E-state index contributed by atoms with van der Waals surface area (Å²) in [5.41, 5.74) is 2.06. The van der Waals surface area contributed by atoms with Crippen molar-refractivity contribution in [1.29, 1.82) is 0 Å². The predicted molar refractivity (Wildman–Crippen MR) is 114 cm³/mol. The Morgan fingerprint density at radius 3 is 2.28 bits per heavy atom. The van der Waals surface area contributed by atoms with Crippen molar-refractivity contribution in [3.05, 3.63) is 59.7 Å². The van der Waals surface area contributed by atoms with Gasteiger partial charge in [-0.2, -0.15) is 0 Å². The van der Waals surface area contributed by atoms with E-state index in [1.54, 1.807) is 19.2 Å². The number of hydrogen-bond donors (Lipinski definition) is 3. The topological polar surface area (TPSA) is 91.8 Å². The average molecular weight is 417 g/mol. The third kappa shape index (κ3) is 6.47. The summed E-state index contributed by atoms with van der Waals surface area (Å²) in [6.45, 7) is 3.85. The zero-order valence-corrected chi connectivity index (χ0v) is 17.6. The first kappa shape index (κ1) is 21.1. The molecule has 0 aromatic heterocycles. The van der Waals surface area contributed by atoms with Gasteiger partial charge in [0.05, 0.1) is 18.6 Å². The molecule has 0 radical (unpaired) electrons. The molecule has 0 aliphatic heterocycles. The van der Waals surface area contributed by atoms with Crippen molar-refractivity contribution in [2.45, 2.75) is 43.8 Å². The molecule has 0 amide bonds. The van der Waals surface area contributed by atoms with Crippen molar-refractivity contribution < 1.29 is 13.2 Å². The third-order valence-corrected chi connectivity index (χ3v) is 6.05. The normalized spacial score (nSPS) is 14.5. The maximum atomic E-state index is 12.2. The second-order valence-corrected chi connectivity index (χ2v) is 8.65. The van der Waals surface area contributed by atoms with Gasteiger partial charge in [0.2, 0.25) is 10.0 Å². The van der Waals surface area contributed by atoms with Gasteiger partial charge in [0.15, 0.2) is 5.96 Å². The maximum absolute atomic E-state index is 12.2. The lowest BCUT2D eigenvalue weighted by Gasteiger charge is -2.12. The minimum Gasteiger partial charge on any atom is -0.497 e. The molecule has 1 aliphatic carbocycles. The molecular formula is C21H28N4O3S. The Hall–Kier alpha value is -2.58. The SMILES string of the molecule is CCNC(=NCc1ccc(OC)cc1)NCc1ccc(S(=O)(=O)NC2CC2)cc1. The Bertz CT molecular complexity index is 921. The number of sulfonamides is 1. The van der Waals surface area contributed by atoms with Crippen LogP contribution in [0.1, 0.15) is 30.9 Å². The van der Waals surface area contributed by atoms with E-state index in [4.69, 9.17) is 4.74 Å². The molecule has 29 heavy (non-hydrogen) atoms. The molecule has 1 fully saturated rings. The Morgan fingerprint density at radius 2 is 1.69 bits per heavy atom. The highest BCUT2D eigenvalue weighted by Crippen LogP contribution is 2.22. The van der Waals surface area contributed by atoms with Crippen molar-refractivity contribution in [1.82, 2.24) is 15.4 Å². The fraction of sp³-hybridized carbons (Fsp3) is 0.381. The zero-order chi connectivity index (χ0) is 20.7. The van der Waals surface area contributed by atoms with E-state index in [2.05, 4.69) is 20.3 Å². The van der Waals surface area contributed by atoms with E-state index < -0.39 is 10.0 Å². The van der Waals surface area contributed by atoms with Crippen molar-refractivity contribution in [3.8, 4) is 5.75 Å². The molecule has 3 N–H and O–H groups in total. The molecule has 0 heterocycles. The van der Waals surface area contributed by atoms with Crippen LogP contribution in [0.4, 0.5) is 0 Å². The van der Waals surface area contributed by atoms with Crippen LogP contribution in [-0.4, -0.2) is 34.1 Å². The van der Waals surface area contributed by atoms with E-state index in [1.807, 2.05) is 43.3 Å². The number of hydrogen-bond acceptors (Lipinski definition) is 4. The number of benzene rings is 2. The highest BCUT2D eigenvalue weighted by Gasteiger charge is 2.27. The number of methoxy groups -OCH3 is 1. The fourth-order valence-corrected chi connectivity index (χ4v) is 4.01. The van der Waals surface area contributed by atoms with Gasteiger partial charge in [-0.05, 0) is 55.2 Å². The summed E-state index contributed by atoms with van der Waals surface area (Å²) >= 11 is 0. The molecule has 1 saturated carbocycles. The monoisotopic (exact) mass is 416 g/mol. The fourth-order valence-electron chi connectivity index (χ4n) is 2.70. The lowest BCUT2D eigenvalue weighted by molar-refractivity contribution is 0.414. The van der Waals surface area contributed by atoms with Crippen molar-refractivity contribution in [3.63, 3.8) is 0 Å². The van der Waals surface area contributed by atoms with Crippen molar-refractivity contribution in [2.75, 3.05) is 13.7 Å². The molecule has 0 saturated heterocycles. The van der Waals surface area contributed by atoms with Crippen LogP contribution < -0.4 is 20.1 Å². The minimum absolute atomic E-state index is 0.103. The quantitative estimate of drug-likeness (QED) is 0.431. The van der Waals surface area contributed by atoms with Crippen LogP contribution in [0, 0.1) is 0 Å². The Balaban J connectivity index is 1.57. The lowest BCUT2D eigenvalue weighted by atomic mass is 10.2. The molecule has 156 valence electrons. The molecule has 1 aliphatic rings. The number of nitrogens with zero attached hydrogens (tertiary/aromatic N) is 1. The average Bonchev–Trinajstić information content (AvgIpc) is 3.54. The van der Waals surface area contributed by atoms with Crippen molar-refractivity contribution >= 4 is 16.0 Å². The van der Waals surface area contributed by atoms with E-state index in [9.17, 15) is 8.42 Å². The third-order valence-electron chi connectivity index (χ3n) is 4.52. The second-order valence-electron chi connectivity index (χ2n) is 6.94. The minimum atomic E-state index is -3.41. The van der Waals surface area contributed by atoms with Crippen LogP contribution in [0.3, 0.4) is 0 Å². The summed E-state index contributed by atoms with van der Waals surface area (Å²) in [7, 11) is -1.77. The highest BCUT2D eigenvalue weighted by atomic mass is 32.2. The second kappa shape index (κ2) is 9.76. The van der Waals surface area contributed by atoms with Gasteiger partial charge in [-0.15, -0.1) is 0 Å². The van der Waals surface area contributed by atoms with Gasteiger partial charge < -0.3 is 15.4 Å². The number of ether oxygens (including phenoxy) is 1. The van der Waals surface area contributed by atoms with E-state index in [0.717, 1.165) is 36.3 Å². The van der Waals surface area contributed by atoms with Gasteiger partial charge in [-0.25, -0.2) is 18.1 Å². The van der Waals surface area contributed by atoms with Gasteiger partial charge in [-0.3, -0.25) is 0 Å². The predicted octanol–water partition coefficient (Wildman–Crippen LogP) is 2.39. The van der Waals surface area contributed by atoms with Crippen LogP contribution in [0.2, 0.25) is 0 Å². The van der Waals surface area contributed by atoms with Gasteiger partial charge in [0.1, 0.15) is 5.75 Å². The van der Waals surface area contributed by atoms with Crippen molar-refractivity contribution in [2.24, 2.45) is 4.99 Å². The van der Waals surface area contributed by atoms with Crippen LogP contribution in [0.15, 0.2) is 58.4 Å². The van der Waals surface area contributed by atoms with E-state index in [-0.39, 0.29) is 6.04 Å². The van der Waals surface area contributed by atoms with Gasteiger partial charge in [-0.1, -0.05) is 24.3 Å². The zero-order valence-electron chi connectivity index (χ0n) is 16.8. The standard InChI is InChI=1S/C21H28N4O3S/c1-3-22-21(23-14-16-4-10-19(28-2)11-5-16)24-15-17-6-12-20(13-7-17)29(26,27)25-18-8-9-18/h4-7,10-13,18,25H,3,8-9,14-15H2,1-2H3,(H2,22,23,24). The molecule has 3 rings (SSSR count).